The van der Waals surface area contributed by atoms with Crippen LogP contribution in [0.3, 0.4) is 0 Å². The van der Waals surface area contributed by atoms with Crippen LogP contribution in [0.25, 0.3) is 0 Å². The molecule has 4 amide bonds. The van der Waals surface area contributed by atoms with E-state index in [0.717, 1.165) is 4.90 Å². The Hall–Kier alpha value is -3.28. The molecular formula is C27H34F5N5O5. The molecule has 10 nitrogen and oxygen atoms in total. The van der Waals surface area contributed by atoms with Crippen molar-refractivity contribution in [3.63, 3.8) is 0 Å². The number of hydrogen-bond acceptors (Lipinski definition) is 6. The third-order valence-electron chi connectivity index (χ3n) is 9.46. The van der Waals surface area contributed by atoms with Gasteiger partial charge < -0.3 is 26.0 Å². The predicted molar refractivity (Wildman–Crippen MR) is 135 cm³/mol. The van der Waals surface area contributed by atoms with Gasteiger partial charge >= 0.3 is 18.0 Å². The monoisotopic (exact) mass is 603 g/mol. The van der Waals surface area contributed by atoms with Crippen molar-refractivity contribution in [1.82, 2.24) is 15.5 Å². The maximum atomic E-state index is 14.4. The number of ether oxygens (including phenoxy) is 1. The number of nitrogens with one attached hydrogen (secondary N) is 2. The summed E-state index contributed by atoms with van der Waals surface area (Å²) >= 11 is 0. The van der Waals surface area contributed by atoms with E-state index in [0.29, 0.717) is 19.4 Å². The first-order valence-electron chi connectivity index (χ1n) is 13.7. The molecule has 15 heteroatoms. The molecule has 0 radical (unpaired) electrons. The van der Waals surface area contributed by atoms with Crippen molar-refractivity contribution in [2.24, 2.45) is 46.7 Å². The number of hydrogen-bond donors (Lipinski definition) is 3. The Labute approximate surface area is 239 Å². The molecule has 5 unspecified atom stereocenters. The van der Waals surface area contributed by atoms with Crippen LogP contribution in [0.2, 0.25) is 0 Å². The minimum Gasteiger partial charge on any atom is -0.384 e. The highest BCUT2D eigenvalue weighted by molar-refractivity contribution is 5.97. The zero-order valence-electron chi connectivity index (χ0n) is 23.3. The van der Waals surface area contributed by atoms with E-state index in [1.807, 2.05) is 12.2 Å². The van der Waals surface area contributed by atoms with Gasteiger partial charge in [0.05, 0.1) is 18.6 Å². The third kappa shape index (κ3) is 4.81. The third-order valence-corrected chi connectivity index (χ3v) is 9.46. The quantitative estimate of drug-likeness (QED) is 0.254. The molecule has 0 aromatic rings. The van der Waals surface area contributed by atoms with Crippen LogP contribution in [0.1, 0.15) is 33.1 Å². The van der Waals surface area contributed by atoms with Gasteiger partial charge in [0, 0.05) is 37.5 Å². The van der Waals surface area contributed by atoms with Crippen molar-refractivity contribution in [2.75, 3.05) is 26.8 Å². The molecule has 1 saturated carbocycles. The molecule has 4 rings (SSSR count). The van der Waals surface area contributed by atoms with E-state index in [9.17, 15) is 46.4 Å². The molecular weight excluding hydrogens is 569 g/mol. The maximum Gasteiger partial charge on any atom is 0.463 e. The second kappa shape index (κ2) is 10.8. The lowest BCUT2D eigenvalue weighted by Crippen LogP contribution is -2.69. The van der Waals surface area contributed by atoms with Gasteiger partial charge in [0.25, 0.3) is 0 Å². The zero-order valence-corrected chi connectivity index (χ0v) is 23.3. The molecule has 232 valence electrons. The van der Waals surface area contributed by atoms with Crippen LogP contribution in [-0.4, -0.2) is 79.0 Å². The Morgan fingerprint density at radius 1 is 1.24 bits per heavy atom. The molecule has 0 spiro atoms. The fraction of sp³-hybridized carbons (Fsp3) is 0.741. The second-order valence-corrected chi connectivity index (χ2v) is 12.4. The van der Waals surface area contributed by atoms with Crippen LogP contribution in [0, 0.1) is 52.3 Å². The zero-order chi connectivity index (χ0) is 31.4. The number of carbonyl (C=O) groups excluding carboxylic acids is 4. The summed E-state index contributed by atoms with van der Waals surface area (Å²) in [6.45, 7) is 2.48. The molecule has 42 heavy (non-hydrogen) atoms. The lowest BCUT2D eigenvalue weighted by molar-refractivity contribution is -0.270. The first-order valence-corrected chi connectivity index (χ1v) is 13.7. The number of halogens is 5. The van der Waals surface area contributed by atoms with Crippen molar-refractivity contribution in [3.8, 4) is 6.07 Å². The first-order chi connectivity index (χ1) is 19.4. The molecule has 0 aromatic carbocycles. The molecule has 0 aromatic heterocycles. The van der Waals surface area contributed by atoms with Gasteiger partial charge in [0.1, 0.15) is 11.6 Å². The molecule has 2 saturated heterocycles. The average Bonchev–Trinajstić information content (AvgIpc) is 3.66. The van der Waals surface area contributed by atoms with Gasteiger partial charge in [-0.3, -0.25) is 19.2 Å². The van der Waals surface area contributed by atoms with Gasteiger partial charge in [-0.05, 0) is 37.0 Å². The molecule has 2 heterocycles. The number of fused-ring (bicyclic) bond motifs is 5. The van der Waals surface area contributed by atoms with Crippen molar-refractivity contribution < 1.29 is 45.9 Å². The van der Waals surface area contributed by atoms with E-state index in [2.05, 4.69) is 11.4 Å². The highest BCUT2D eigenvalue weighted by Gasteiger charge is 2.70. The van der Waals surface area contributed by atoms with E-state index >= 15 is 0 Å². The SMILES string of the molecule is COCC(C)(C)[C@H](NC(=O)C(F)(F)C(F)(F)F)C(=O)N1CC2C3C=CC(C3)C2C1(C(N)=O)[C@@H](C#N)C[C@H]1CCNC1=O. The van der Waals surface area contributed by atoms with Gasteiger partial charge in [-0.15, -0.1) is 0 Å². The summed E-state index contributed by atoms with van der Waals surface area (Å²) in [6, 6.07) is 0.0468. The van der Waals surface area contributed by atoms with Gasteiger partial charge in [-0.2, -0.15) is 27.2 Å². The fourth-order valence-electron chi connectivity index (χ4n) is 7.57. The summed E-state index contributed by atoms with van der Waals surface area (Å²) in [5.74, 6) is -14.5. The normalized spacial score (nSPS) is 31.8. The second-order valence-electron chi connectivity index (χ2n) is 12.4. The Morgan fingerprint density at radius 3 is 2.40 bits per heavy atom. The van der Waals surface area contributed by atoms with Crippen LogP contribution >= 0.6 is 0 Å². The van der Waals surface area contributed by atoms with Gasteiger partial charge in [0.2, 0.25) is 17.7 Å². The molecule has 4 N–H and O–H groups in total. The molecule has 4 aliphatic rings. The number of rotatable bonds is 10. The number of likely N-dealkylation sites (tertiary alicyclic amines) is 1. The summed E-state index contributed by atoms with van der Waals surface area (Å²) in [6.07, 6.45) is -1.59. The highest BCUT2D eigenvalue weighted by Crippen LogP contribution is 2.61. The smallest absolute Gasteiger partial charge is 0.384 e. The first kappa shape index (κ1) is 31.7. The molecule has 8 atom stereocenters. The van der Waals surface area contributed by atoms with E-state index < -0.39 is 64.6 Å². The van der Waals surface area contributed by atoms with E-state index in [1.165, 1.54) is 21.0 Å². The average molecular weight is 604 g/mol. The number of alkyl halides is 5. The van der Waals surface area contributed by atoms with Crippen LogP contribution in [-0.2, 0) is 23.9 Å². The standard InChI is InChI=1S/C27H34F5N5O5/c1-24(2,12-42-3)19(36-23(41)26(28,29)27(30,31)32)21(39)37-11-17-13-4-5-14(8-13)18(17)25(37,22(34)40)16(10-33)9-15-6-7-35-20(15)38/h4-5,13-19H,6-9,11-12H2,1-3H3,(H2,34,40)(H,35,38)(H,36,41)/t13?,14?,15-,16-,17?,18?,19-,25?/m1/s1. The summed E-state index contributed by atoms with van der Waals surface area (Å²) in [5.41, 5.74) is 2.45. The Bertz CT molecular complexity index is 1220. The number of amides is 4. The van der Waals surface area contributed by atoms with Crippen LogP contribution in [0.5, 0.6) is 0 Å². The Balaban J connectivity index is 1.82. The largest absolute Gasteiger partial charge is 0.463 e. The van der Waals surface area contributed by atoms with Gasteiger partial charge in [-0.1, -0.05) is 26.0 Å². The topological polar surface area (TPSA) is 155 Å². The van der Waals surface area contributed by atoms with Crippen molar-refractivity contribution >= 4 is 23.6 Å². The predicted octanol–water partition coefficient (Wildman–Crippen LogP) is 1.51. The lowest BCUT2D eigenvalue weighted by Gasteiger charge is -2.47. The van der Waals surface area contributed by atoms with E-state index in [-0.39, 0.29) is 43.2 Å². The highest BCUT2D eigenvalue weighted by atomic mass is 19.4. The number of methoxy groups -OCH3 is 1. The summed E-state index contributed by atoms with van der Waals surface area (Å²) in [4.78, 5) is 53.8. The van der Waals surface area contributed by atoms with Crippen molar-refractivity contribution in [1.29, 1.82) is 5.26 Å². The number of nitriles is 1. The number of nitrogens with two attached hydrogens (primary N) is 1. The molecule has 2 aliphatic carbocycles. The minimum absolute atomic E-state index is 0.0970. The lowest BCUT2D eigenvalue weighted by atomic mass is 9.65. The summed E-state index contributed by atoms with van der Waals surface area (Å²) in [5, 5.41) is 14.6. The molecule has 2 bridgehead atoms. The van der Waals surface area contributed by atoms with Crippen LogP contribution in [0.15, 0.2) is 12.2 Å². The van der Waals surface area contributed by atoms with Crippen LogP contribution < -0.4 is 16.4 Å². The molecule has 3 fully saturated rings. The maximum absolute atomic E-state index is 14.4. The van der Waals surface area contributed by atoms with Gasteiger partial charge in [-0.25, -0.2) is 0 Å². The number of nitrogens with zero attached hydrogens (tertiary/aromatic N) is 2. The van der Waals surface area contributed by atoms with Crippen LogP contribution in [0.4, 0.5) is 22.0 Å². The number of carbonyl (C=O) groups is 4. The summed E-state index contributed by atoms with van der Waals surface area (Å²) < 4.78 is 72.4. The van der Waals surface area contributed by atoms with E-state index in [1.54, 1.807) is 5.32 Å². The number of primary amides is 1. The van der Waals surface area contributed by atoms with Crippen molar-refractivity contribution in [3.05, 3.63) is 12.2 Å². The Morgan fingerprint density at radius 2 is 1.88 bits per heavy atom. The van der Waals surface area contributed by atoms with E-state index in [4.69, 9.17) is 10.5 Å². The molecule has 2 aliphatic heterocycles. The van der Waals surface area contributed by atoms with Gasteiger partial charge in [0.15, 0.2) is 0 Å². The summed E-state index contributed by atoms with van der Waals surface area (Å²) in [7, 11) is 1.21. The van der Waals surface area contributed by atoms with Crippen molar-refractivity contribution in [2.45, 2.75) is 56.8 Å². The minimum atomic E-state index is -6.24. The Kier molecular flexibility index (Phi) is 8.12. The fourth-order valence-corrected chi connectivity index (χ4v) is 7.57. The number of allylic oxidation sites excluding steroid dienone is 2.